The molecule has 0 radical (unpaired) electrons. The first kappa shape index (κ1) is 12.8. The van der Waals surface area contributed by atoms with Crippen molar-refractivity contribution >= 4 is 17.8 Å². The maximum atomic E-state index is 10.7. The molecule has 2 aromatic rings. The smallest absolute Gasteiger partial charge is 0.270 e. The number of hydrogen-bond donors (Lipinski definition) is 0. The molecule has 0 saturated carbocycles. The minimum atomic E-state index is -0.400. The standard InChI is InChI=1S/C15H13NO3/c1-19-15-7-3-5-13(11-15)9-8-12-4-2-6-14(10-12)16(17)18/h2-11H,1H3/b9-8+. The van der Waals surface area contributed by atoms with Crippen molar-refractivity contribution < 1.29 is 9.66 Å². The Labute approximate surface area is 111 Å². The quantitative estimate of drug-likeness (QED) is 0.474. The summed E-state index contributed by atoms with van der Waals surface area (Å²) in [5.41, 5.74) is 1.86. The van der Waals surface area contributed by atoms with Gasteiger partial charge in [0.1, 0.15) is 5.75 Å². The van der Waals surface area contributed by atoms with Crippen molar-refractivity contribution in [2.45, 2.75) is 0 Å². The summed E-state index contributed by atoms with van der Waals surface area (Å²) in [5.74, 6) is 0.779. The summed E-state index contributed by atoms with van der Waals surface area (Å²) in [6.07, 6.45) is 3.73. The molecule has 0 spiro atoms. The van der Waals surface area contributed by atoms with Gasteiger partial charge in [0.15, 0.2) is 0 Å². The number of nitro benzene ring substituents is 1. The SMILES string of the molecule is COc1cccc(/C=C/c2cccc([N+](=O)[O-])c2)c1. The van der Waals surface area contributed by atoms with Gasteiger partial charge in [0.25, 0.3) is 5.69 Å². The maximum Gasteiger partial charge on any atom is 0.270 e. The van der Waals surface area contributed by atoms with Gasteiger partial charge in [-0.2, -0.15) is 0 Å². The highest BCUT2D eigenvalue weighted by atomic mass is 16.6. The molecule has 19 heavy (non-hydrogen) atoms. The van der Waals surface area contributed by atoms with E-state index in [1.165, 1.54) is 12.1 Å². The predicted molar refractivity (Wildman–Crippen MR) is 75.0 cm³/mol. The van der Waals surface area contributed by atoms with E-state index in [9.17, 15) is 10.1 Å². The second-order valence-corrected chi connectivity index (χ2v) is 3.96. The minimum Gasteiger partial charge on any atom is -0.497 e. The van der Waals surface area contributed by atoms with Crippen LogP contribution in [0.1, 0.15) is 11.1 Å². The van der Waals surface area contributed by atoms with Gasteiger partial charge in [0.05, 0.1) is 12.0 Å². The second kappa shape index (κ2) is 5.82. The Bertz CT molecular complexity index is 620. The van der Waals surface area contributed by atoms with Crippen LogP contribution in [0.3, 0.4) is 0 Å². The number of nitrogens with zero attached hydrogens (tertiary/aromatic N) is 1. The molecule has 0 fully saturated rings. The molecule has 0 aliphatic carbocycles. The fraction of sp³-hybridized carbons (Fsp3) is 0.0667. The summed E-state index contributed by atoms with van der Waals surface area (Å²) in [5, 5.41) is 10.7. The highest BCUT2D eigenvalue weighted by molar-refractivity contribution is 5.71. The van der Waals surface area contributed by atoms with Crippen LogP contribution in [0.15, 0.2) is 48.5 Å². The zero-order chi connectivity index (χ0) is 13.7. The van der Waals surface area contributed by atoms with Crippen LogP contribution in [0.5, 0.6) is 5.75 Å². The molecule has 0 aliphatic rings. The Morgan fingerprint density at radius 1 is 1.05 bits per heavy atom. The number of hydrogen-bond acceptors (Lipinski definition) is 3. The fourth-order valence-electron chi connectivity index (χ4n) is 1.68. The summed E-state index contributed by atoms with van der Waals surface area (Å²) in [4.78, 5) is 10.3. The summed E-state index contributed by atoms with van der Waals surface area (Å²) in [6.45, 7) is 0. The van der Waals surface area contributed by atoms with E-state index in [2.05, 4.69) is 0 Å². The van der Waals surface area contributed by atoms with E-state index in [1.54, 1.807) is 13.2 Å². The van der Waals surface area contributed by atoms with Gasteiger partial charge in [-0.3, -0.25) is 10.1 Å². The Kier molecular flexibility index (Phi) is 3.93. The monoisotopic (exact) mass is 255 g/mol. The Morgan fingerprint density at radius 2 is 1.68 bits per heavy atom. The Balaban J connectivity index is 2.22. The Morgan fingerprint density at radius 3 is 2.32 bits per heavy atom. The van der Waals surface area contributed by atoms with Crippen LogP contribution in [0.2, 0.25) is 0 Å². The van der Waals surface area contributed by atoms with E-state index in [0.717, 1.165) is 16.9 Å². The van der Waals surface area contributed by atoms with Crippen molar-refractivity contribution in [3.05, 3.63) is 69.8 Å². The molecule has 2 aromatic carbocycles. The highest BCUT2D eigenvalue weighted by Gasteiger charge is 2.03. The molecule has 0 aromatic heterocycles. The van der Waals surface area contributed by atoms with Gasteiger partial charge in [-0.1, -0.05) is 36.4 Å². The molecular formula is C15H13NO3. The van der Waals surface area contributed by atoms with E-state index in [0.29, 0.717) is 0 Å². The van der Waals surface area contributed by atoms with Gasteiger partial charge in [-0.15, -0.1) is 0 Å². The second-order valence-electron chi connectivity index (χ2n) is 3.96. The highest BCUT2D eigenvalue weighted by Crippen LogP contribution is 2.17. The number of rotatable bonds is 4. The number of ether oxygens (including phenoxy) is 1. The zero-order valence-corrected chi connectivity index (χ0v) is 10.4. The number of nitro groups is 1. The summed E-state index contributed by atoms with van der Waals surface area (Å²) >= 11 is 0. The molecule has 0 amide bonds. The van der Waals surface area contributed by atoms with E-state index in [1.807, 2.05) is 42.5 Å². The van der Waals surface area contributed by atoms with E-state index in [-0.39, 0.29) is 5.69 Å². The molecule has 4 nitrogen and oxygen atoms in total. The van der Waals surface area contributed by atoms with Crippen LogP contribution in [-0.2, 0) is 0 Å². The molecular weight excluding hydrogens is 242 g/mol. The number of non-ortho nitro benzene ring substituents is 1. The molecule has 0 saturated heterocycles. The molecule has 96 valence electrons. The number of methoxy groups -OCH3 is 1. The zero-order valence-electron chi connectivity index (χ0n) is 10.4. The maximum absolute atomic E-state index is 10.7. The first-order valence-electron chi connectivity index (χ1n) is 5.75. The van der Waals surface area contributed by atoms with Gasteiger partial charge in [0, 0.05) is 12.1 Å². The molecule has 0 N–H and O–H groups in total. The minimum absolute atomic E-state index is 0.0905. The predicted octanol–water partition coefficient (Wildman–Crippen LogP) is 3.77. The van der Waals surface area contributed by atoms with Crippen LogP contribution in [0.25, 0.3) is 12.2 Å². The molecule has 0 bridgehead atoms. The molecule has 0 unspecified atom stereocenters. The molecule has 0 heterocycles. The van der Waals surface area contributed by atoms with Gasteiger partial charge in [-0.25, -0.2) is 0 Å². The van der Waals surface area contributed by atoms with Crippen molar-refractivity contribution in [3.8, 4) is 5.75 Å². The number of benzene rings is 2. The van der Waals surface area contributed by atoms with Gasteiger partial charge in [-0.05, 0) is 23.3 Å². The largest absolute Gasteiger partial charge is 0.497 e. The summed E-state index contributed by atoms with van der Waals surface area (Å²) < 4.78 is 5.13. The van der Waals surface area contributed by atoms with Crippen molar-refractivity contribution in [2.24, 2.45) is 0 Å². The lowest BCUT2D eigenvalue weighted by molar-refractivity contribution is -0.384. The van der Waals surface area contributed by atoms with E-state index >= 15 is 0 Å². The lowest BCUT2D eigenvalue weighted by Gasteiger charge is -2.00. The van der Waals surface area contributed by atoms with Crippen molar-refractivity contribution in [1.82, 2.24) is 0 Å². The third-order valence-electron chi connectivity index (χ3n) is 2.64. The average Bonchev–Trinajstić information content (AvgIpc) is 2.45. The van der Waals surface area contributed by atoms with Crippen LogP contribution >= 0.6 is 0 Å². The van der Waals surface area contributed by atoms with E-state index < -0.39 is 4.92 Å². The third kappa shape index (κ3) is 3.42. The lowest BCUT2D eigenvalue weighted by Crippen LogP contribution is -1.87. The first-order chi connectivity index (χ1) is 9.19. The van der Waals surface area contributed by atoms with Crippen molar-refractivity contribution in [1.29, 1.82) is 0 Å². The normalized spacial score (nSPS) is 10.6. The van der Waals surface area contributed by atoms with Crippen molar-refractivity contribution in [2.75, 3.05) is 7.11 Å². The van der Waals surface area contributed by atoms with Crippen LogP contribution < -0.4 is 4.74 Å². The summed E-state index contributed by atoms with van der Waals surface area (Å²) in [6, 6.07) is 14.1. The Hall–Kier alpha value is -2.62. The topological polar surface area (TPSA) is 52.4 Å². The van der Waals surface area contributed by atoms with Crippen molar-refractivity contribution in [3.63, 3.8) is 0 Å². The van der Waals surface area contributed by atoms with Gasteiger partial charge >= 0.3 is 0 Å². The lowest BCUT2D eigenvalue weighted by atomic mass is 10.1. The average molecular weight is 255 g/mol. The van der Waals surface area contributed by atoms with Crippen LogP contribution in [0.4, 0.5) is 5.69 Å². The third-order valence-corrected chi connectivity index (χ3v) is 2.64. The molecule has 4 heteroatoms. The molecule has 0 atom stereocenters. The van der Waals surface area contributed by atoms with E-state index in [4.69, 9.17) is 4.74 Å². The van der Waals surface area contributed by atoms with Gasteiger partial charge < -0.3 is 4.74 Å². The van der Waals surface area contributed by atoms with Gasteiger partial charge in [0.2, 0.25) is 0 Å². The van der Waals surface area contributed by atoms with Crippen LogP contribution in [-0.4, -0.2) is 12.0 Å². The first-order valence-corrected chi connectivity index (χ1v) is 5.75. The molecule has 0 aliphatic heterocycles. The fourth-order valence-corrected chi connectivity index (χ4v) is 1.68. The summed E-state index contributed by atoms with van der Waals surface area (Å²) in [7, 11) is 1.61. The van der Waals surface area contributed by atoms with Crippen LogP contribution in [0, 0.1) is 10.1 Å². The molecule has 2 rings (SSSR count).